The molecule has 2 rings (SSSR count). The minimum absolute atomic E-state index is 0.129. The molecule has 0 saturated heterocycles. The SMILES string of the molecule is CC(C)Nc1c(Cl)cnnc1Cl.Clc1cnnc(Cl)c1Cl. The number of nitrogens with one attached hydrogen (secondary N) is 1. The molecule has 0 aliphatic heterocycles. The lowest BCUT2D eigenvalue weighted by molar-refractivity contribution is 0.892. The van der Waals surface area contributed by atoms with Crippen molar-refractivity contribution in [3.63, 3.8) is 0 Å². The van der Waals surface area contributed by atoms with E-state index in [9.17, 15) is 0 Å². The molecule has 5 nitrogen and oxygen atoms in total. The monoisotopic (exact) mass is 387 g/mol. The Balaban J connectivity index is 0.000000219. The van der Waals surface area contributed by atoms with Gasteiger partial charge in [-0.2, -0.15) is 10.2 Å². The highest BCUT2D eigenvalue weighted by molar-refractivity contribution is 6.47. The number of hydrogen-bond acceptors (Lipinski definition) is 5. The largest absolute Gasteiger partial charge is 0.379 e. The maximum Gasteiger partial charge on any atom is 0.176 e. The number of rotatable bonds is 2. The number of nitrogens with zero attached hydrogens (tertiary/aromatic N) is 4. The van der Waals surface area contributed by atoms with Crippen molar-refractivity contribution in [3.8, 4) is 0 Å². The molecular formula is C11H10Cl5N5. The number of hydrogen-bond donors (Lipinski definition) is 1. The summed E-state index contributed by atoms with van der Waals surface area (Å²) in [4.78, 5) is 0. The van der Waals surface area contributed by atoms with E-state index >= 15 is 0 Å². The normalized spacial score (nSPS) is 10.1. The van der Waals surface area contributed by atoms with Crippen LogP contribution in [-0.2, 0) is 0 Å². The minimum Gasteiger partial charge on any atom is -0.379 e. The Morgan fingerprint density at radius 1 is 0.857 bits per heavy atom. The van der Waals surface area contributed by atoms with Gasteiger partial charge < -0.3 is 5.32 Å². The summed E-state index contributed by atoms with van der Waals surface area (Å²) in [6.45, 7) is 3.99. The van der Waals surface area contributed by atoms with Crippen LogP contribution in [0.2, 0.25) is 25.4 Å². The highest BCUT2D eigenvalue weighted by Crippen LogP contribution is 2.27. The molecule has 0 unspecified atom stereocenters. The Bertz CT molecular complexity index is 567. The van der Waals surface area contributed by atoms with Crippen LogP contribution in [-0.4, -0.2) is 26.4 Å². The molecule has 114 valence electrons. The van der Waals surface area contributed by atoms with Gasteiger partial charge in [-0.05, 0) is 13.8 Å². The predicted molar refractivity (Wildman–Crippen MR) is 87.9 cm³/mol. The number of aromatic nitrogens is 4. The van der Waals surface area contributed by atoms with Gasteiger partial charge in [-0.3, -0.25) is 0 Å². The Morgan fingerprint density at radius 3 is 1.81 bits per heavy atom. The molecule has 0 saturated carbocycles. The summed E-state index contributed by atoms with van der Waals surface area (Å²) in [6, 6.07) is 0.268. The van der Waals surface area contributed by atoms with Crippen molar-refractivity contribution >= 4 is 63.7 Å². The molecule has 21 heavy (non-hydrogen) atoms. The zero-order valence-electron chi connectivity index (χ0n) is 10.9. The number of anilines is 1. The first-order valence-corrected chi connectivity index (χ1v) is 7.47. The lowest BCUT2D eigenvalue weighted by atomic mass is 10.3. The van der Waals surface area contributed by atoms with E-state index in [1.54, 1.807) is 0 Å². The molecule has 0 aliphatic rings. The van der Waals surface area contributed by atoms with Gasteiger partial charge in [0.1, 0.15) is 5.02 Å². The van der Waals surface area contributed by atoms with Crippen molar-refractivity contribution in [2.24, 2.45) is 0 Å². The molecule has 0 radical (unpaired) electrons. The van der Waals surface area contributed by atoms with Crippen molar-refractivity contribution in [1.29, 1.82) is 0 Å². The minimum atomic E-state index is 0.129. The van der Waals surface area contributed by atoms with E-state index in [2.05, 4.69) is 25.7 Å². The average Bonchev–Trinajstić information content (AvgIpc) is 2.41. The maximum atomic E-state index is 5.82. The summed E-state index contributed by atoms with van der Waals surface area (Å²) >= 11 is 28.0. The van der Waals surface area contributed by atoms with Crippen LogP contribution < -0.4 is 5.32 Å². The van der Waals surface area contributed by atoms with Crippen LogP contribution in [0.3, 0.4) is 0 Å². The van der Waals surface area contributed by atoms with Gasteiger partial charge in [-0.15, -0.1) is 10.2 Å². The first kappa shape index (κ1) is 18.5. The van der Waals surface area contributed by atoms with Gasteiger partial charge in [0.2, 0.25) is 0 Å². The summed E-state index contributed by atoms with van der Waals surface area (Å²) in [6.07, 6.45) is 2.79. The highest BCUT2D eigenvalue weighted by atomic mass is 35.5. The highest BCUT2D eigenvalue weighted by Gasteiger charge is 2.07. The van der Waals surface area contributed by atoms with Crippen LogP contribution in [0, 0.1) is 0 Å². The van der Waals surface area contributed by atoms with Crippen LogP contribution >= 0.6 is 58.0 Å². The smallest absolute Gasteiger partial charge is 0.176 e. The molecule has 0 amide bonds. The van der Waals surface area contributed by atoms with Crippen molar-refractivity contribution < 1.29 is 0 Å². The third-order valence-electron chi connectivity index (χ3n) is 1.90. The van der Waals surface area contributed by atoms with Gasteiger partial charge in [-0.25, -0.2) is 0 Å². The molecule has 2 aromatic rings. The van der Waals surface area contributed by atoms with Crippen molar-refractivity contribution in [2.75, 3.05) is 5.32 Å². The van der Waals surface area contributed by atoms with E-state index in [0.29, 0.717) is 20.9 Å². The topological polar surface area (TPSA) is 63.6 Å². The van der Waals surface area contributed by atoms with Crippen molar-refractivity contribution in [2.45, 2.75) is 19.9 Å². The molecule has 0 spiro atoms. The molecule has 0 fully saturated rings. The fourth-order valence-corrected chi connectivity index (χ4v) is 1.94. The van der Waals surface area contributed by atoms with Crippen molar-refractivity contribution in [3.05, 3.63) is 37.8 Å². The van der Waals surface area contributed by atoms with Gasteiger partial charge in [0.15, 0.2) is 10.3 Å². The van der Waals surface area contributed by atoms with Gasteiger partial charge in [0, 0.05) is 6.04 Å². The van der Waals surface area contributed by atoms with Gasteiger partial charge in [0.05, 0.1) is 28.1 Å². The van der Waals surface area contributed by atoms with E-state index in [-0.39, 0.29) is 16.2 Å². The average molecular weight is 390 g/mol. The van der Waals surface area contributed by atoms with Crippen LogP contribution in [0.4, 0.5) is 5.69 Å². The fourth-order valence-electron chi connectivity index (χ4n) is 1.09. The summed E-state index contributed by atoms with van der Waals surface area (Å²) < 4.78 is 0. The molecular weight excluding hydrogens is 379 g/mol. The van der Waals surface area contributed by atoms with Gasteiger partial charge in [0.25, 0.3) is 0 Å². The second kappa shape index (κ2) is 8.76. The van der Waals surface area contributed by atoms with Crippen molar-refractivity contribution in [1.82, 2.24) is 20.4 Å². The Labute approximate surface area is 146 Å². The molecule has 0 bridgehead atoms. The molecule has 2 heterocycles. The van der Waals surface area contributed by atoms with E-state index in [1.807, 2.05) is 13.8 Å². The molecule has 0 aliphatic carbocycles. The summed E-state index contributed by atoms with van der Waals surface area (Å²) in [7, 11) is 0. The zero-order valence-corrected chi connectivity index (χ0v) is 14.7. The van der Waals surface area contributed by atoms with E-state index in [0.717, 1.165) is 0 Å². The summed E-state index contributed by atoms with van der Waals surface area (Å²) in [5, 5.41) is 18.7. The van der Waals surface area contributed by atoms with E-state index in [1.165, 1.54) is 12.4 Å². The molecule has 1 N–H and O–H groups in total. The second-order valence-electron chi connectivity index (χ2n) is 3.95. The van der Waals surface area contributed by atoms with Gasteiger partial charge in [-0.1, -0.05) is 58.0 Å². The van der Waals surface area contributed by atoms with Gasteiger partial charge >= 0.3 is 0 Å². The summed E-state index contributed by atoms with van der Waals surface area (Å²) in [5.74, 6) is 0. The second-order valence-corrected chi connectivity index (χ2v) is 5.86. The summed E-state index contributed by atoms with van der Waals surface area (Å²) in [5.41, 5.74) is 0.642. The van der Waals surface area contributed by atoms with E-state index < -0.39 is 0 Å². The Kier molecular flexibility index (Phi) is 7.70. The number of halogens is 5. The maximum absolute atomic E-state index is 5.82. The standard InChI is InChI=1S/C7H9Cl2N3.C4HCl3N2/c1-4(2)11-6-5(8)3-10-12-7(6)9;5-2-1-8-9-4(7)3(2)6/h3-4H,1-2H3,(H,10,11);1H. The first-order valence-electron chi connectivity index (χ1n) is 5.58. The first-order chi connectivity index (χ1) is 9.82. The molecule has 0 atom stereocenters. The van der Waals surface area contributed by atoms with E-state index in [4.69, 9.17) is 58.0 Å². The zero-order chi connectivity index (χ0) is 16.0. The van der Waals surface area contributed by atoms with Crippen LogP contribution in [0.5, 0.6) is 0 Å². The quantitative estimate of drug-likeness (QED) is 0.779. The third-order valence-corrected chi connectivity index (χ3v) is 3.58. The Hall–Kier alpha value is -0.590. The lowest BCUT2D eigenvalue weighted by Gasteiger charge is -2.11. The van der Waals surface area contributed by atoms with Crippen LogP contribution in [0.15, 0.2) is 12.4 Å². The molecule has 0 aromatic carbocycles. The molecule has 2 aromatic heterocycles. The van der Waals surface area contributed by atoms with Crippen LogP contribution in [0.1, 0.15) is 13.8 Å². The fraction of sp³-hybridized carbons (Fsp3) is 0.273. The molecule has 10 heteroatoms. The lowest BCUT2D eigenvalue weighted by Crippen LogP contribution is -2.11. The predicted octanol–water partition coefficient (Wildman–Crippen LogP) is 5.04. The van der Waals surface area contributed by atoms with Crippen LogP contribution in [0.25, 0.3) is 0 Å². The Morgan fingerprint density at radius 2 is 1.38 bits per heavy atom. The third kappa shape index (κ3) is 5.96.